The monoisotopic (exact) mass is 383 g/mol. The van der Waals surface area contributed by atoms with Crippen molar-refractivity contribution in [2.75, 3.05) is 4.90 Å². The number of hydrogen-bond acceptors (Lipinski definition) is 4. The van der Waals surface area contributed by atoms with Crippen LogP contribution in [0.3, 0.4) is 0 Å². The van der Waals surface area contributed by atoms with Gasteiger partial charge in [-0.2, -0.15) is 10.2 Å². The lowest BCUT2D eigenvalue weighted by Gasteiger charge is -2.19. The lowest BCUT2D eigenvalue weighted by atomic mass is 9.85. The topological polar surface area (TPSA) is 62.1 Å². The molecule has 1 saturated carbocycles. The van der Waals surface area contributed by atoms with Crippen LogP contribution in [-0.2, 0) is 9.59 Å². The number of benzene rings is 2. The van der Waals surface area contributed by atoms with Gasteiger partial charge in [-0.25, -0.2) is 4.90 Å². The fourth-order valence-electron chi connectivity index (χ4n) is 4.96. The van der Waals surface area contributed by atoms with Crippen LogP contribution in [0.4, 0.5) is 17.1 Å². The molecule has 29 heavy (non-hydrogen) atoms. The second kappa shape index (κ2) is 6.62. The maximum Gasteiger partial charge on any atom is 0.238 e. The standard InChI is InChI=1S/C24H21N3O2/c1-14(2)20-18-12-13-19(20)22-21(18)23(28)27(24(22)29)17-10-8-16(9-11-17)26-25-15-6-4-3-5-7-15/h3-13,18-19,21-22H,1-2H3/t18-,19-,21-,22+/m1/s1. The minimum absolute atomic E-state index is 0.0652. The molecule has 2 aliphatic carbocycles. The van der Waals surface area contributed by atoms with Crippen molar-refractivity contribution < 1.29 is 9.59 Å². The summed E-state index contributed by atoms with van der Waals surface area (Å²) in [4.78, 5) is 27.7. The van der Waals surface area contributed by atoms with E-state index in [2.05, 4.69) is 36.2 Å². The molecule has 2 bridgehead atoms. The number of anilines is 1. The number of rotatable bonds is 3. The number of carbonyl (C=O) groups excluding carboxylic acids is 2. The molecule has 0 aromatic heterocycles. The van der Waals surface area contributed by atoms with E-state index in [4.69, 9.17) is 0 Å². The van der Waals surface area contributed by atoms with Crippen LogP contribution >= 0.6 is 0 Å². The van der Waals surface area contributed by atoms with Gasteiger partial charge >= 0.3 is 0 Å². The van der Waals surface area contributed by atoms with Crippen molar-refractivity contribution in [1.29, 1.82) is 0 Å². The van der Waals surface area contributed by atoms with E-state index in [1.54, 1.807) is 24.3 Å². The first kappa shape index (κ1) is 17.7. The number of amides is 2. The summed E-state index contributed by atoms with van der Waals surface area (Å²) in [6, 6.07) is 16.6. The molecular weight excluding hydrogens is 362 g/mol. The van der Waals surface area contributed by atoms with Crippen molar-refractivity contribution in [1.82, 2.24) is 0 Å². The number of allylic oxidation sites excluding steroid dienone is 4. The Morgan fingerprint density at radius 3 is 1.79 bits per heavy atom. The number of hydrogen-bond donors (Lipinski definition) is 0. The molecule has 3 aliphatic rings. The third-order valence-electron chi connectivity index (χ3n) is 6.14. The third-order valence-corrected chi connectivity index (χ3v) is 6.14. The minimum atomic E-state index is -0.264. The Morgan fingerprint density at radius 2 is 1.28 bits per heavy atom. The number of nitrogens with zero attached hydrogens (tertiary/aromatic N) is 3. The van der Waals surface area contributed by atoms with Gasteiger partial charge in [0.05, 0.1) is 28.9 Å². The molecular formula is C24H21N3O2. The fraction of sp³-hybridized carbons (Fsp3) is 0.250. The van der Waals surface area contributed by atoms with Crippen LogP contribution < -0.4 is 4.90 Å². The SMILES string of the molecule is CC(C)=C1[C@H]2C=C[C@H]1[C@H]1C(=O)N(c3ccc(N=Nc4ccccc4)cc3)C(=O)[C@H]12. The van der Waals surface area contributed by atoms with Crippen molar-refractivity contribution in [3.8, 4) is 0 Å². The molecule has 5 nitrogen and oxygen atoms in total. The Kier molecular flexibility index (Phi) is 4.05. The van der Waals surface area contributed by atoms with E-state index in [0.29, 0.717) is 11.4 Å². The fourth-order valence-corrected chi connectivity index (χ4v) is 4.96. The first-order chi connectivity index (χ1) is 14.1. The van der Waals surface area contributed by atoms with Crippen LogP contribution in [0.1, 0.15) is 13.8 Å². The van der Waals surface area contributed by atoms with Crippen molar-refractivity contribution in [3.63, 3.8) is 0 Å². The van der Waals surface area contributed by atoms with E-state index >= 15 is 0 Å². The molecule has 4 atom stereocenters. The van der Waals surface area contributed by atoms with Gasteiger partial charge in [-0.05, 0) is 50.2 Å². The Hall–Kier alpha value is -3.34. The summed E-state index contributed by atoms with van der Waals surface area (Å²) in [7, 11) is 0. The molecule has 1 aliphatic heterocycles. The van der Waals surface area contributed by atoms with Crippen LogP contribution in [0, 0.1) is 23.7 Å². The average molecular weight is 383 g/mol. The van der Waals surface area contributed by atoms with Crippen LogP contribution in [0.15, 0.2) is 88.1 Å². The van der Waals surface area contributed by atoms with Gasteiger partial charge in [-0.15, -0.1) is 0 Å². The van der Waals surface area contributed by atoms with Crippen LogP contribution in [-0.4, -0.2) is 11.8 Å². The molecule has 5 heteroatoms. The predicted molar refractivity (Wildman–Crippen MR) is 111 cm³/mol. The summed E-state index contributed by atoms with van der Waals surface area (Å²) in [5.74, 6) is -0.575. The molecule has 0 unspecified atom stereocenters. The van der Waals surface area contributed by atoms with Crippen LogP contribution in [0.5, 0.6) is 0 Å². The Bertz CT molecular complexity index is 1040. The van der Waals surface area contributed by atoms with Gasteiger partial charge in [0, 0.05) is 11.8 Å². The van der Waals surface area contributed by atoms with E-state index in [0.717, 1.165) is 5.69 Å². The largest absolute Gasteiger partial charge is 0.274 e. The molecule has 2 aromatic carbocycles. The first-order valence-corrected chi connectivity index (χ1v) is 9.86. The second-order valence-electron chi connectivity index (χ2n) is 8.01. The molecule has 0 N–H and O–H groups in total. The smallest absolute Gasteiger partial charge is 0.238 e. The summed E-state index contributed by atoms with van der Waals surface area (Å²) < 4.78 is 0. The predicted octanol–water partition coefficient (Wildman–Crippen LogP) is 5.36. The summed E-state index contributed by atoms with van der Waals surface area (Å²) in [5, 5.41) is 8.42. The average Bonchev–Trinajstić information content (AvgIpc) is 3.38. The van der Waals surface area contributed by atoms with Gasteiger partial charge in [0.2, 0.25) is 11.8 Å². The number of fused-ring (bicyclic) bond motifs is 5. The van der Waals surface area contributed by atoms with Crippen LogP contribution in [0.2, 0.25) is 0 Å². The van der Waals surface area contributed by atoms with Crippen LogP contribution in [0.25, 0.3) is 0 Å². The summed E-state index contributed by atoms with van der Waals surface area (Å²) in [6.45, 7) is 4.14. The second-order valence-corrected chi connectivity index (χ2v) is 8.01. The molecule has 1 heterocycles. The maximum absolute atomic E-state index is 13.2. The van der Waals surface area contributed by atoms with Crippen molar-refractivity contribution in [2.24, 2.45) is 33.9 Å². The molecule has 2 fully saturated rings. The van der Waals surface area contributed by atoms with E-state index in [1.165, 1.54) is 16.0 Å². The molecule has 0 radical (unpaired) electrons. The molecule has 1 saturated heterocycles. The first-order valence-electron chi connectivity index (χ1n) is 9.86. The van der Waals surface area contributed by atoms with Crippen molar-refractivity contribution in [3.05, 3.63) is 77.9 Å². The van der Waals surface area contributed by atoms with Gasteiger partial charge < -0.3 is 0 Å². The van der Waals surface area contributed by atoms with Gasteiger partial charge in [0.25, 0.3) is 0 Å². The lowest BCUT2D eigenvalue weighted by molar-refractivity contribution is -0.122. The number of azo groups is 1. The Labute approximate surface area is 169 Å². The molecule has 2 aromatic rings. The Morgan fingerprint density at radius 1 is 0.759 bits per heavy atom. The highest BCUT2D eigenvalue weighted by Crippen LogP contribution is 2.57. The zero-order chi connectivity index (χ0) is 20.1. The van der Waals surface area contributed by atoms with Gasteiger partial charge in [0.1, 0.15) is 0 Å². The molecule has 5 rings (SSSR count). The summed E-state index contributed by atoms with van der Waals surface area (Å²) >= 11 is 0. The number of carbonyl (C=O) groups is 2. The maximum atomic E-state index is 13.2. The molecule has 144 valence electrons. The summed E-state index contributed by atoms with van der Waals surface area (Å²) in [6.07, 6.45) is 4.21. The molecule has 2 amide bonds. The van der Waals surface area contributed by atoms with E-state index in [9.17, 15) is 9.59 Å². The Balaban J connectivity index is 1.39. The van der Waals surface area contributed by atoms with E-state index in [-0.39, 0.29) is 35.5 Å². The van der Waals surface area contributed by atoms with Crippen molar-refractivity contribution in [2.45, 2.75) is 13.8 Å². The highest BCUT2D eigenvalue weighted by molar-refractivity contribution is 6.23. The quantitative estimate of drug-likeness (QED) is 0.407. The highest BCUT2D eigenvalue weighted by Gasteiger charge is 2.61. The van der Waals surface area contributed by atoms with Gasteiger partial charge in [0.15, 0.2) is 0 Å². The van der Waals surface area contributed by atoms with Gasteiger partial charge in [-0.1, -0.05) is 41.5 Å². The zero-order valence-electron chi connectivity index (χ0n) is 16.3. The van der Waals surface area contributed by atoms with Gasteiger partial charge in [-0.3, -0.25) is 9.59 Å². The third kappa shape index (κ3) is 2.69. The zero-order valence-corrected chi connectivity index (χ0v) is 16.3. The normalized spacial score (nSPS) is 27.4. The lowest BCUT2D eigenvalue weighted by Crippen LogP contribution is -2.33. The summed E-state index contributed by atoms with van der Waals surface area (Å²) in [5.41, 5.74) is 4.53. The highest BCUT2D eigenvalue weighted by atomic mass is 16.2. The van der Waals surface area contributed by atoms with E-state index < -0.39 is 0 Å². The van der Waals surface area contributed by atoms with Crippen molar-refractivity contribution >= 4 is 28.9 Å². The van der Waals surface area contributed by atoms with E-state index in [1.807, 2.05) is 30.3 Å². The number of imide groups is 1. The minimum Gasteiger partial charge on any atom is -0.274 e. The molecule has 0 spiro atoms.